The maximum Gasteiger partial charge on any atom is 0.361 e. The van der Waals surface area contributed by atoms with Gasteiger partial charge in [0.2, 0.25) is 0 Å². The van der Waals surface area contributed by atoms with Crippen LogP contribution in [0, 0.1) is 0 Å². The van der Waals surface area contributed by atoms with Crippen molar-refractivity contribution in [3.8, 4) is 0 Å². The maximum absolute atomic E-state index is 13.0. The minimum Gasteiger partial charge on any atom is -0.477 e. The lowest BCUT2D eigenvalue weighted by molar-refractivity contribution is -0.870. The molecular formula is C94H168NO8+. The second-order valence-corrected chi connectivity index (χ2v) is 30.8. The van der Waals surface area contributed by atoms with Crippen molar-refractivity contribution in [2.45, 2.75) is 424 Å². The number of likely N-dealkylation sites (N-methyl/N-ethyl adjacent to an activating group) is 1. The number of hydrogen-bond donors (Lipinski definition) is 1. The first-order valence-electron chi connectivity index (χ1n) is 44.1. The van der Waals surface area contributed by atoms with Gasteiger partial charge in [-0.15, -0.1) is 0 Å². The smallest absolute Gasteiger partial charge is 0.361 e. The monoisotopic (exact) mass is 1440 g/mol. The Kier molecular flexibility index (Phi) is 80.3. The summed E-state index contributed by atoms with van der Waals surface area (Å²) >= 11 is 0. The van der Waals surface area contributed by atoms with Crippen molar-refractivity contribution in [3.05, 3.63) is 109 Å². The molecule has 0 spiro atoms. The summed E-state index contributed by atoms with van der Waals surface area (Å²) in [5.74, 6) is -1.98. The average Bonchev–Trinajstić information content (AvgIpc) is 0.985. The van der Waals surface area contributed by atoms with Crippen molar-refractivity contribution in [1.82, 2.24) is 0 Å². The molecule has 0 saturated heterocycles. The van der Waals surface area contributed by atoms with Crippen LogP contribution < -0.4 is 0 Å². The first-order valence-corrected chi connectivity index (χ1v) is 44.1. The van der Waals surface area contributed by atoms with E-state index in [0.717, 1.165) is 96.3 Å². The second kappa shape index (κ2) is 83.6. The molecule has 0 aliphatic carbocycles. The molecule has 0 bridgehead atoms. The molecule has 0 radical (unpaired) electrons. The maximum atomic E-state index is 13.0. The van der Waals surface area contributed by atoms with E-state index < -0.39 is 18.4 Å². The van der Waals surface area contributed by atoms with Crippen molar-refractivity contribution in [2.75, 3.05) is 47.5 Å². The lowest BCUT2D eigenvalue weighted by Gasteiger charge is -2.25. The van der Waals surface area contributed by atoms with Gasteiger partial charge in [0.05, 0.1) is 34.4 Å². The molecule has 0 fully saturated rings. The number of unbranched alkanes of at least 4 members (excludes halogenated alkanes) is 49. The summed E-state index contributed by atoms with van der Waals surface area (Å²) in [5, 5.41) is 9.79. The number of carboxylic acids is 1. The van der Waals surface area contributed by atoms with Gasteiger partial charge in [-0.05, 0) is 96.3 Å². The largest absolute Gasteiger partial charge is 0.477 e. The Morgan fingerprint density at radius 1 is 0.291 bits per heavy atom. The van der Waals surface area contributed by atoms with E-state index in [2.05, 4.69) is 123 Å². The number of allylic oxidation sites excluding steroid dienone is 18. The van der Waals surface area contributed by atoms with Crippen LogP contribution in [0.25, 0.3) is 0 Å². The number of quaternary nitrogens is 1. The van der Waals surface area contributed by atoms with E-state index in [1.807, 2.05) is 21.1 Å². The molecule has 0 aromatic carbocycles. The van der Waals surface area contributed by atoms with Crippen LogP contribution in [0.2, 0.25) is 0 Å². The number of carbonyl (C=O) groups is 3. The molecule has 2 atom stereocenters. The van der Waals surface area contributed by atoms with Crippen LogP contribution in [0.5, 0.6) is 0 Å². The Labute approximate surface area is 638 Å². The number of rotatable bonds is 82. The van der Waals surface area contributed by atoms with Gasteiger partial charge in [-0.2, -0.15) is 0 Å². The van der Waals surface area contributed by atoms with Crippen molar-refractivity contribution in [1.29, 1.82) is 0 Å². The average molecular weight is 1440 g/mol. The Balaban J connectivity index is 3.92. The van der Waals surface area contributed by atoms with Crippen LogP contribution in [0.3, 0.4) is 0 Å². The van der Waals surface area contributed by atoms with Crippen molar-refractivity contribution in [3.63, 3.8) is 0 Å². The summed E-state index contributed by atoms with van der Waals surface area (Å²) in [5.41, 5.74) is 0. The lowest BCUT2D eigenvalue weighted by Crippen LogP contribution is -2.40. The Morgan fingerprint density at radius 3 is 0.777 bits per heavy atom. The highest BCUT2D eigenvalue weighted by atomic mass is 16.7. The number of ether oxygens (including phenoxy) is 4. The molecule has 0 heterocycles. The number of esters is 2. The highest BCUT2D eigenvalue weighted by Gasteiger charge is 2.25. The number of aliphatic carboxylic acids is 1. The van der Waals surface area contributed by atoms with E-state index in [1.54, 1.807) is 0 Å². The van der Waals surface area contributed by atoms with E-state index in [0.29, 0.717) is 17.4 Å². The normalized spacial score (nSPS) is 13.1. The highest BCUT2D eigenvalue weighted by molar-refractivity contribution is 5.71. The van der Waals surface area contributed by atoms with Crippen LogP contribution in [-0.2, 0) is 33.3 Å². The molecule has 0 rings (SSSR count). The third-order valence-corrected chi connectivity index (χ3v) is 19.5. The predicted octanol–water partition coefficient (Wildman–Crippen LogP) is 28.8. The van der Waals surface area contributed by atoms with Crippen LogP contribution in [0.15, 0.2) is 109 Å². The summed E-state index contributed by atoms with van der Waals surface area (Å²) in [6, 6.07) is 0. The quantitative estimate of drug-likeness (QED) is 0.0211. The zero-order valence-electron chi connectivity index (χ0n) is 68.5. The molecule has 0 amide bonds. The lowest BCUT2D eigenvalue weighted by atomic mass is 10.0. The molecule has 0 saturated carbocycles. The number of carboxylic acid groups (broad SMARTS) is 1. The highest BCUT2D eigenvalue weighted by Crippen LogP contribution is 2.20. The number of carbonyl (C=O) groups excluding carboxylic acids is 2. The number of nitrogens with zero attached hydrogens (tertiary/aromatic N) is 1. The molecule has 9 nitrogen and oxygen atoms in total. The second-order valence-electron chi connectivity index (χ2n) is 30.8. The molecule has 0 aliphatic heterocycles. The van der Waals surface area contributed by atoms with Crippen molar-refractivity contribution >= 4 is 17.9 Å². The molecule has 0 aromatic rings. The van der Waals surface area contributed by atoms with Gasteiger partial charge in [0.25, 0.3) is 6.29 Å². The predicted molar refractivity (Wildman–Crippen MR) is 447 cm³/mol. The summed E-state index contributed by atoms with van der Waals surface area (Å²) in [7, 11) is 6.00. The number of hydrogen-bond acceptors (Lipinski definition) is 7. The standard InChI is InChI=1S/C94H167NO8/c1-6-8-10-12-14-16-18-20-22-24-26-28-30-32-34-36-38-40-42-44-46-48-50-52-54-56-58-60-62-64-66-68-70-72-74-76-78-80-82-84-91(96)101-88-90(89-102-94(93(98)99)100-87-86-95(3,4)5)103-92(97)85-83-81-79-77-75-73-71-69-67-65-63-61-59-57-55-53-51-49-47-45-43-41-39-37-35-33-31-29-27-25-23-21-19-17-15-13-11-9-7-2/h8-11,14-17,20-23,26-29,33,35,90,94H,6-7,12-13,18-19,24-25,30-32,34,36-89H2,1-5H3/p+1/b10-8-,11-9-,16-14-,17-15-,22-20-,23-21-,28-26-,29-27-,35-33-. The van der Waals surface area contributed by atoms with E-state index in [-0.39, 0.29) is 38.2 Å². The fourth-order valence-electron chi connectivity index (χ4n) is 12.9. The summed E-state index contributed by atoms with van der Waals surface area (Å²) < 4.78 is 23.1. The van der Waals surface area contributed by atoms with Crippen molar-refractivity contribution < 1.29 is 42.9 Å². The molecule has 2 unspecified atom stereocenters. The first kappa shape index (κ1) is 98.9. The zero-order valence-corrected chi connectivity index (χ0v) is 68.5. The third kappa shape index (κ3) is 85.1. The summed E-state index contributed by atoms with van der Waals surface area (Å²) in [6.45, 7) is 4.71. The fourth-order valence-corrected chi connectivity index (χ4v) is 12.9. The van der Waals surface area contributed by atoms with Gasteiger partial charge < -0.3 is 28.5 Å². The van der Waals surface area contributed by atoms with E-state index in [1.165, 1.54) is 289 Å². The summed E-state index contributed by atoms with van der Waals surface area (Å²) in [4.78, 5) is 37.8. The van der Waals surface area contributed by atoms with Gasteiger partial charge in [0.1, 0.15) is 13.2 Å². The first-order chi connectivity index (χ1) is 50.6. The van der Waals surface area contributed by atoms with Crippen molar-refractivity contribution in [2.24, 2.45) is 0 Å². The molecule has 596 valence electrons. The van der Waals surface area contributed by atoms with Gasteiger partial charge in [-0.1, -0.05) is 412 Å². The third-order valence-electron chi connectivity index (χ3n) is 19.5. The fraction of sp³-hybridized carbons (Fsp3) is 0.777. The van der Waals surface area contributed by atoms with Crippen LogP contribution >= 0.6 is 0 Å². The van der Waals surface area contributed by atoms with Gasteiger partial charge in [-0.25, -0.2) is 4.79 Å². The van der Waals surface area contributed by atoms with Crippen LogP contribution in [0.1, 0.15) is 412 Å². The van der Waals surface area contributed by atoms with Crippen LogP contribution in [0.4, 0.5) is 0 Å². The molecule has 0 aromatic heterocycles. The van der Waals surface area contributed by atoms with Gasteiger partial charge in [0.15, 0.2) is 6.10 Å². The van der Waals surface area contributed by atoms with E-state index >= 15 is 0 Å². The van der Waals surface area contributed by atoms with Gasteiger partial charge in [-0.3, -0.25) is 9.59 Å². The minimum absolute atomic E-state index is 0.178. The van der Waals surface area contributed by atoms with Gasteiger partial charge in [0, 0.05) is 12.8 Å². The molecule has 1 N–H and O–H groups in total. The topological polar surface area (TPSA) is 108 Å². The minimum atomic E-state index is -1.51. The van der Waals surface area contributed by atoms with Gasteiger partial charge >= 0.3 is 17.9 Å². The summed E-state index contributed by atoms with van der Waals surface area (Å²) in [6.07, 6.45) is 116. The SMILES string of the molecule is CC/C=C\C/C=C\C/C=C\C/C=C\C/C=C\CCCCCCCCCCCCCCCCCCCCCCCCCC(=O)OC(COC(=O)CCCCCCCCCCCCCCCCCCCCCCCCCCCC/C=C\C/C=C\C/C=C\C/C=C\CC)COC(OCC[N+](C)(C)C)C(=O)O. The molecule has 9 heteroatoms. The Bertz CT molecular complexity index is 2070. The molecular weight excluding hydrogens is 1270 g/mol. The van der Waals surface area contributed by atoms with Crippen LogP contribution in [-0.4, -0.2) is 87.4 Å². The van der Waals surface area contributed by atoms with E-state index in [4.69, 9.17) is 18.9 Å². The Morgan fingerprint density at radius 2 is 0.524 bits per heavy atom. The van der Waals surface area contributed by atoms with E-state index in [9.17, 15) is 19.5 Å². The molecule has 103 heavy (non-hydrogen) atoms. The molecule has 0 aliphatic rings. The Hall–Kier alpha value is -4.05. The zero-order chi connectivity index (χ0) is 74.6.